The minimum atomic E-state index is -2.48. The Morgan fingerprint density at radius 3 is 1.97 bits per heavy atom. The number of ether oxygens (including phenoxy) is 2. The van der Waals surface area contributed by atoms with Gasteiger partial charge in [0.05, 0.1) is 19.8 Å². The molecule has 1 unspecified atom stereocenters. The number of amides is 1. The highest BCUT2D eigenvalue weighted by atomic mass is 32.2. The number of hydroxylamine groups is 1. The second-order valence-electron chi connectivity index (χ2n) is 9.48. The molecule has 8 nitrogen and oxygen atoms in total. The monoisotopic (exact) mass is 553 g/mol. The fourth-order valence-electron chi connectivity index (χ4n) is 3.99. The molecular weight excluding hydrogens is 516 g/mol. The molecule has 9 heteroatoms. The maximum absolute atomic E-state index is 12.7. The molecule has 39 heavy (non-hydrogen) atoms. The third kappa shape index (κ3) is 10.1. The van der Waals surface area contributed by atoms with Crippen molar-refractivity contribution in [1.29, 1.82) is 0 Å². The zero-order chi connectivity index (χ0) is 28.2. The molecule has 0 heterocycles. The largest absolute Gasteiger partial charge is 0.768 e. The van der Waals surface area contributed by atoms with E-state index in [4.69, 9.17) is 14.3 Å². The summed E-state index contributed by atoms with van der Waals surface area (Å²) < 4.78 is 34.8. The lowest BCUT2D eigenvalue weighted by molar-refractivity contribution is 0.0255. The Hall–Kier alpha value is -3.24. The zero-order valence-electron chi connectivity index (χ0n) is 23.0. The van der Waals surface area contributed by atoms with Crippen LogP contribution in [-0.2, 0) is 22.5 Å². The average Bonchev–Trinajstić information content (AvgIpc) is 2.89. The summed E-state index contributed by atoms with van der Waals surface area (Å²) in [5.74, 6) is 1.33. The first kappa shape index (κ1) is 30.3. The molecule has 3 aromatic rings. The second-order valence-corrected chi connectivity index (χ2v) is 10.4. The van der Waals surface area contributed by atoms with Crippen LogP contribution in [-0.4, -0.2) is 41.0 Å². The van der Waals surface area contributed by atoms with Crippen LogP contribution < -0.4 is 20.3 Å². The number of carbonyl (C=O) groups excluding carboxylic acids is 1. The molecule has 1 atom stereocenters. The molecule has 0 aromatic heterocycles. The van der Waals surface area contributed by atoms with E-state index in [1.165, 1.54) is 23.3 Å². The van der Waals surface area contributed by atoms with Gasteiger partial charge in [-0.05, 0) is 98.6 Å². The van der Waals surface area contributed by atoms with Gasteiger partial charge >= 0.3 is 0 Å². The summed E-state index contributed by atoms with van der Waals surface area (Å²) >= 11 is -2.48. The average molecular weight is 554 g/mol. The lowest BCUT2D eigenvalue weighted by Gasteiger charge is -2.13. The number of rotatable bonds is 15. The normalized spacial score (nSPS) is 11.7. The quantitative estimate of drug-likeness (QED) is 0.157. The minimum absolute atomic E-state index is 0.0290. The van der Waals surface area contributed by atoms with Gasteiger partial charge in [-0.1, -0.05) is 35.4 Å². The Balaban J connectivity index is 1.40. The lowest BCUT2D eigenvalue weighted by Crippen LogP contribution is -2.26. The maximum Gasteiger partial charge on any atom is 0.251 e. The lowest BCUT2D eigenvalue weighted by atomic mass is 10.1. The Morgan fingerprint density at radius 1 is 0.821 bits per heavy atom. The molecule has 3 rings (SSSR count). The van der Waals surface area contributed by atoms with Gasteiger partial charge in [0.25, 0.3) is 5.91 Å². The standard InChI is InChI=1S/C30H38N2O6S/c1-21-7-9-28(23(3)15-21)36-13-5-11-31-30(33)26-17-25(18-27(19-26)39(34)35)20-38-32-12-6-14-37-29-10-8-22(2)16-24(29)4/h7-10,15-19,32H,5-6,11-14,20H2,1-4H3,(H,31,33)(H,34,35)/p-1. The summed E-state index contributed by atoms with van der Waals surface area (Å²) in [6.07, 6.45) is 1.33. The minimum Gasteiger partial charge on any atom is -0.768 e. The van der Waals surface area contributed by atoms with E-state index in [2.05, 4.69) is 22.9 Å². The van der Waals surface area contributed by atoms with Crippen LogP contribution in [0.2, 0.25) is 0 Å². The van der Waals surface area contributed by atoms with Gasteiger partial charge in [0.2, 0.25) is 0 Å². The third-order valence-corrected chi connectivity index (χ3v) is 6.59. The Bertz CT molecular complexity index is 1280. The molecule has 3 aromatic carbocycles. The molecule has 2 N–H and O–H groups in total. The highest BCUT2D eigenvalue weighted by Crippen LogP contribution is 2.20. The summed E-state index contributed by atoms with van der Waals surface area (Å²) in [4.78, 5) is 18.2. The predicted molar refractivity (Wildman–Crippen MR) is 151 cm³/mol. The zero-order valence-corrected chi connectivity index (χ0v) is 23.8. The number of nitrogens with one attached hydrogen (secondary N) is 2. The van der Waals surface area contributed by atoms with Crippen LogP contribution in [0.25, 0.3) is 0 Å². The van der Waals surface area contributed by atoms with E-state index in [-0.39, 0.29) is 23.0 Å². The van der Waals surface area contributed by atoms with E-state index in [1.807, 2.05) is 52.0 Å². The van der Waals surface area contributed by atoms with Gasteiger partial charge in [-0.2, -0.15) is 0 Å². The van der Waals surface area contributed by atoms with E-state index in [0.29, 0.717) is 38.3 Å². The SMILES string of the molecule is Cc1ccc(OCCCNOCc2cc(C(=O)NCCCOc3ccc(C)cc3C)cc(S(=O)[O-])c2)c(C)c1. The van der Waals surface area contributed by atoms with Crippen molar-refractivity contribution in [3.63, 3.8) is 0 Å². The van der Waals surface area contributed by atoms with Crippen molar-refractivity contribution in [1.82, 2.24) is 10.8 Å². The van der Waals surface area contributed by atoms with Crippen LogP contribution in [0.1, 0.15) is 51.0 Å². The summed E-state index contributed by atoms with van der Waals surface area (Å²) in [5.41, 5.74) is 8.22. The van der Waals surface area contributed by atoms with Crippen molar-refractivity contribution < 1.29 is 27.9 Å². The first-order valence-electron chi connectivity index (χ1n) is 13.0. The van der Waals surface area contributed by atoms with Crippen molar-refractivity contribution in [2.75, 3.05) is 26.3 Å². The van der Waals surface area contributed by atoms with Crippen LogP contribution >= 0.6 is 0 Å². The van der Waals surface area contributed by atoms with E-state index in [9.17, 15) is 13.6 Å². The fraction of sp³-hybridized carbons (Fsp3) is 0.367. The Morgan fingerprint density at radius 2 is 1.41 bits per heavy atom. The molecule has 0 saturated carbocycles. The number of hydrogen-bond acceptors (Lipinski definition) is 7. The first-order valence-corrected chi connectivity index (χ1v) is 14.1. The van der Waals surface area contributed by atoms with Crippen molar-refractivity contribution >= 4 is 17.0 Å². The van der Waals surface area contributed by atoms with Gasteiger partial charge in [0.1, 0.15) is 11.5 Å². The summed E-state index contributed by atoms with van der Waals surface area (Å²) in [6.45, 7) is 10.1. The van der Waals surface area contributed by atoms with E-state index < -0.39 is 11.1 Å². The molecule has 0 aliphatic carbocycles. The van der Waals surface area contributed by atoms with Crippen molar-refractivity contribution in [2.45, 2.75) is 52.0 Å². The summed E-state index contributed by atoms with van der Waals surface area (Å²) in [5, 5.41) is 2.82. The van der Waals surface area contributed by atoms with Gasteiger partial charge < -0.3 is 19.3 Å². The smallest absolute Gasteiger partial charge is 0.251 e. The number of aryl methyl sites for hydroxylation is 4. The number of carbonyl (C=O) groups is 1. The number of hydrogen-bond donors (Lipinski definition) is 2. The Labute approximate surface area is 233 Å². The molecule has 0 bridgehead atoms. The van der Waals surface area contributed by atoms with Crippen molar-refractivity contribution in [2.24, 2.45) is 0 Å². The van der Waals surface area contributed by atoms with Crippen LogP contribution in [0.3, 0.4) is 0 Å². The molecule has 210 valence electrons. The van der Waals surface area contributed by atoms with Crippen LogP contribution in [0.4, 0.5) is 0 Å². The van der Waals surface area contributed by atoms with Gasteiger partial charge in [-0.3, -0.25) is 13.8 Å². The third-order valence-electron chi connectivity index (χ3n) is 5.97. The van der Waals surface area contributed by atoms with Crippen molar-refractivity contribution in [3.05, 3.63) is 88.0 Å². The van der Waals surface area contributed by atoms with Gasteiger partial charge in [0, 0.05) is 23.5 Å². The fourth-order valence-corrected chi connectivity index (χ4v) is 4.46. The Kier molecular flexibility index (Phi) is 11.9. The highest BCUT2D eigenvalue weighted by molar-refractivity contribution is 7.79. The van der Waals surface area contributed by atoms with Crippen LogP contribution in [0.5, 0.6) is 11.5 Å². The molecule has 1 amide bonds. The van der Waals surface area contributed by atoms with Gasteiger partial charge in [-0.25, -0.2) is 5.48 Å². The van der Waals surface area contributed by atoms with Gasteiger partial charge in [0.15, 0.2) is 0 Å². The van der Waals surface area contributed by atoms with Crippen LogP contribution in [0.15, 0.2) is 59.5 Å². The molecular formula is C30H37N2O6S-. The molecule has 0 fully saturated rings. The topological polar surface area (TPSA) is 109 Å². The van der Waals surface area contributed by atoms with E-state index in [0.717, 1.165) is 29.0 Å². The maximum atomic E-state index is 12.7. The van der Waals surface area contributed by atoms with E-state index in [1.54, 1.807) is 6.07 Å². The summed E-state index contributed by atoms with van der Waals surface area (Å²) in [6, 6.07) is 16.5. The molecule has 0 aliphatic rings. The number of benzene rings is 3. The molecule has 0 radical (unpaired) electrons. The predicted octanol–water partition coefficient (Wildman–Crippen LogP) is 4.85. The molecule has 0 aliphatic heterocycles. The highest BCUT2D eigenvalue weighted by Gasteiger charge is 2.10. The van der Waals surface area contributed by atoms with Gasteiger partial charge in [-0.15, -0.1) is 0 Å². The van der Waals surface area contributed by atoms with E-state index >= 15 is 0 Å². The van der Waals surface area contributed by atoms with Crippen molar-refractivity contribution in [3.8, 4) is 11.5 Å². The van der Waals surface area contributed by atoms with Crippen LogP contribution in [0, 0.1) is 27.7 Å². The summed E-state index contributed by atoms with van der Waals surface area (Å²) in [7, 11) is 0. The second kappa shape index (κ2) is 15.4. The molecule has 0 saturated heterocycles. The molecule has 0 spiro atoms. The first-order chi connectivity index (χ1) is 18.7.